The lowest BCUT2D eigenvalue weighted by molar-refractivity contribution is -0.154. The SMILES string of the molecule is Cc1c(C(N)=O)sc2ncn(C(C)C(=O)OC3CCCCC3)c(=O)c12. The van der Waals surface area contributed by atoms with Crippen LogP contribution >= 0.6 is 11.3 Å². The number of fused-ring (bicyclic) bond motifs is 1. The van der Waals surface area contributed by atoms with Crippen molar-refractivity contribution in [3.63, 3.8) is 0 Å². The summed E-state index contributed by atoms with van der Waals surface area (Å²) in [6.07, 6.45) is 6.29. The first kappa shape index (κ1) is 17.6. The second-order valence-electron chi connectivity index (χ2n) is 6.43. The zero-order chi connectivity index (χ0) is 18.1. The van der Waals surface area contributed by atoms with Gasteiger partial charge in [-0.3, -0.25) is 14.2 Å². The number of aryl methyl sites for hydroxylation is 1. The van der Waals surface area contributed by atoms with E-state index in [1.165, 1.54) is 17.3 Å². The van der Waals surface area contributed by atoms with Gasteiger partial charge < -0.3 is 10.5 Å². The highest BCUT2D eigenvalue weighted by Crippen LogP contribution is 2.27. The first-order valence-corrected chi connectivity index (χ1v) is 9.22. The quantitative estimate of drug-likeness (QED) is 0.839. The molecule has 0 bridgehead atoms. The number of carbonyl (C=O) groups is 2. The first-order chi connectivity index (χ1) is 11.9. The van der Waals surface area contributed by atoms with Crippen molar-refractivity contribution in [2.75, 3.05) is 0 Å². The van der Waals surface area contributed by atoms with E-state index >= 15 is 0 Å². The van der Waals surface area contributed by atoms with E-state index in [1.54, 1.807) is 13.8 Å². The Kier molecular flexibility index (Phi) is 4.89. The van der Waals surface area contributed by atoms with E-state index in [0.29, 0.717) is 20.7 Å². The van der Waals surface area contributed by atoms with E-state index in [2.05, 4.69) is 4.98 Å². The van der Waals surface area contributed by atoms with Gasteiger partial charge in [-0.1, -0.05) is 6.42 Å². The minimum Gasteiger partial charge on any atom is -0.461 e. The largest absolute Gasteiger partial charge is 0.461 e. The molecule has 1 aliphatic rings. The number of nitrogens with two attached hydrogens (primary N) is 1. The van der Waals surface area contributed by atoms with Gasteiger partial charge in [0, 0.05) is 0 Å². The highest BCUT2D eigenvalue weighted by atomic mass is 32.1. The van der Waals surface area contributed by atoms with Crippen molar-refractivity contribution < 1.29 is 14.3 Å². The maximum atomic E-state index is 12.8. The molecule has 1 unspecified atom stereocenters. The van der Waals surface area contributed by atoms with Crippen molar-refractivity contribution in [3.8, 4) is 0 Å². The second-order valence-corrected chi connectivity index (χ2v) is 7.43. The van der Waals surface area contributed by atoms with Crippen LogP contribution < -0.4 is 11.3 Å². The number of amides is 1. The number of thiophene rings is 1. The van der Waals surface area contributed by atoms with Crippen molar-refractivity contribution >= 4 is 33.4 Å². The van der Waals surface area contributed by atoms with Crippen LogP contribution in [-0.4, -0.2) is 27.5 Å². The van der Waals surface area contributed by atoms with Gasteiger partial charge in [0.1, 0.15) is 17.0 Å². The predicted octanol–water partition coefficient (Wildman–Crippen LogP) is 2.30. The third kappa shape index (κ3) is 3.30. The highest BCUT2D eigenvalue weighted by molar-refractivity contribution is 7.20. The summed E-state index contributed by atoms with van der Waals surface area (Å²) in [5.74, 6) is -1.02. The molecular formula is C17H21N3O4S. The summed E-state index contributed by atoms with van der Waals surface area (Å²) in [5.41, 5.74) is 5.48. The normalized spacial score (nSPS) is 16.7. The van der Waals surface area contributed by atoms with Gasteiger partial charge in [-0.25, -0.2) is 9.78 Å². The van der Waals surface area contributed by atoms with Crippen LogP contribution in [0.3, 0.4) is 0 Å². The molecule has 1 atom stereocenters. The Morgan fingerprint density at radius 1 is 1.36 bits per heavy atom. The summed E-state index contributed by atoms with van der Waals surface area (Å²) in [5, 5.41) is 0.332. The maximum absolute atomic E-state index is 12.8. The third-order valence-electron chi connectivity index (χ3n) is 4.69. The van der Waals surface area contributed by atoms with E-state index < -0.39 is 17.9 Å². The van der Waals surface area contributed by atoms with Crippen LogP contribution in [0.15, 0.2) is 11.1 Å². The molecule has 2 aromatic heterocycles. The lowest BCUT2D eigenvalue weighted by atomic mass is 9.98. The summed E-state index contributed by atoms with van der Waals surface area (Å²) in [6.45, 7) is 3.29. The minimum atomic E-state index is -0.775. The Balaban J connectivity index is 1.91. The summed E-state index contributed by atoms with van der Waals surface area (Å²) >= 11 is 1.09. The molecule has 0 aliphatic heterocycles. The zero-order valence-corrected chi connectivity index (χ0v) is 15.1. The number of nitrogens with zero attached hydrogens (tertiary/aromatic N) is 2. The average molecular weight is 363 g/mol. The van der Waals surface area contributed by atoms with Crippen LogP contribution in [-0.2, 0) is 9.53 Å². The van der Waals surface area contributed by atoms with E-state index in [9.17, 15) is 14.4 Å². The number of hydrogen-bond donors (Lipinski definition) is 1. The number of rotatable bonds is 4. The van der Waals surface area contributed by atoms with Gasteiger partial charge in [0.2, 0.25) is 0 Å². The van der Waals surface area contributed by atoms with Crippen molar-refractivity contribution in [2.45, 2.75) is 58.1 Å². The number of esters is 1. The molecule has 8 heteroatoms. The standard InChI is InChI=1S/C17H21N3O4S/c1-9-12-15(25-13(9)14(18)21)19-8-20(16(12)22)10(2)17(23)24-11-6-4-3-5-7-11/h8,10-11H,3-7H2,1-2H3,(H2,18,21). The maximum Gasteiger partial charge on any atom is 0.329 e. The van der Waals surface area contributed by atoms with Crippen molar-refractivity contribution in [3.05, 3.63) is 27.1 Å². The van der Waals surface area contributed by atoms with Gasteiger partial charge in [0.15, 0.2) is 0 Å². The Morgan fingerprint density at radius 2 is 2.04 bits per heavy atom. The fourth-order valence-electron chi connectivity index (χ4n) is 3.21. The van der Waals surface area contributed by atoms with E-state index in [4.69, 9.17) is 10.5 Å². The van der Waals surface area contributed by atoms with Gasteiger partial charge in [-0.15, -0.1) is 11.3 Å². The van der Waals surface area contributed by atoms with Crippen molar-refractivity contribution in [1.82, 2.24) is 9.55 Å². The van der Waals surface area contributed by atoms with Gasteiger partial charge in [-0.2, -0.15) is 0 Å². The predicted molar refractivity (Wildman–Crippen MR) is 94.8 cm³/mol. The fourth-order valence-corrected chi connectivity index (χ4v) is 4.20. The molecule has 2 N–H and O–H groups in total. The van der Waals surface area contributed by atoms with Crippen LogP contribution in [0.5, 0.6) is 0 Å². The van der Waals surface area contributed by atoms with Crippen molar-refractivity contribution in [2.24, 2.45) is 5.73 Å². The number of hydrogen-bond acceptors (Lipinski definition) is 6. The van der Waals surface area contributed by atoms with Gasteiger partial charge in [-0.05, 0) is 45.1 Å². The van der Waals surface area contributed by atoms with Crippen LogP contribution in [0.1, 0.15) is 60.3 Å². The van der Waals surface area contributed by atoms with E-state index in [1.807, 2.05) is 0 Å². The minimum absolute atomic E-state index is 0.0690. The molecule has 1 amide bonds. The monoisotopic (exact) mass is 363 g/mol. The Morgan fingerprint density at radius 3 is 2.68 bits per heavy atom. The molecule has 3 rings (SSSR count). The summed E-state index contributed by atoms with van der Waals surface area (Å²) in [4.78, 5) is 41.7. The molecule has 0 radical (unpaired) electrons. The molecule has 134 valence electrons. The number of ether oxygens (including phenoxy) is 1. The molecule has 0 saturated heterocycles. The lowest BCUT2D eigenvalue weighted by Crippen LogP contribution is -2.32. The van der Waals surface area contributed by atoms with Crippen LogP contribution in [0.4, 0.5) is 0 Å². The second kappa shape index (κ2) is 6.95. The zero-order valence-electron chi connectivity index (χ0n) is 14.3. The molecule has 1 fully saturated rings. The molecule has 1 saturated carbocycles. The number of carbonyl (C=O) groups excluding carboxylic acids is 2. The van der Waals surface area contributed by atoms with Gasteiger partial charge in [0.05, 0.1) is 16.6 Å². The van der Waals surface area contributed by atoms with Crippen LogP contribution in [0.2, 0.25) is 0 Å². The molecule has 0 spiro atoms. The first-order valence-electron chi connectivity index (χ1n) is 8.40. The van der Waals surface area contributed by atoms with E-state index in [-0.39, 0.29) is 11.7 Å². The van der Waals surface area contributed by atoms with Gasteiger partial charge in [0.25, 0.3) is 11.5 Å². The fraction of sp³-hybridized carbons (Fsp3) is 0.529. The average Bonchev–Trinajstić information content (AvgIpc) is 2.93. The Hall–Kier alpha value is -2.22. The Labute approximate surface area is 148 Å². The summed E-state index contributed by atoms with van der Waals surface area (Å²) in [7, 11) is 0. The summed E-state index contributed by atoms with van der Waals surface area (Å²) in [6, 6.07) is -0.775. The molecule has 7 nitrogen and oxygen atoms in total. The van der Waals surface area contributed by atoms with Gasteiger partial charge >= 0.3 is 5.97 Å². The van der Waals surface area contributed by atoms with E-state index in [0.717, 1.165) is 37.0 Å². The molecular weight excluding hydrogens is 342 g/mol. The van der Waals surface area contributed by atoms with Crippen molar-refractivity contribution in [1.29, 1.82) is 0 Å². The smallest absolute Gasteiger partial charge is 0.329 e. The molecule has 1 aliphatic carbocycles. The summed E-state index contributed by atoms with van der Waals surface area (Å²) < 4.78 is 6.81. The topological polar surface area (TPSA) is 104 Å². The lowest BCUT2D eigenvalue weighted by Gasteiger charge is -2.24. The van der Waals surface area contributed by atoms with Crippen LogP contribution in [0.25, 0.3) is 10.2 Å². The molecule has 25 heavy (non-hydrogen) atoms. The third-order valence-corrected chi connectivity index (χ3v) is 5.91. The number of aromatic nitrogens is 2. The van der Waals surface area contributed by atoms with Crippen LogP contribution in [0, 0.1) is 6.92 Å². The molecule has 0 aromatic carbocycles. The molecule has 2 heterocycles. The Bertz CT molecular complexity index is 880. The highest BCUT2D eigenvalue weighted by Gasteiger charge is 2.25. The molecule has 2 aromatic rings. The number of primary amides is 1.